The first-order valence-corrected chi connectivity index (χ1v) is 4.72. The van der Waals surface area contributed by atoms with E-state index in [4.69, 9.17) is 9.84 Å². The highest BCUT2D eigenvalue weighted by Crippen LogP contribution is 2.15. The maximum atomic E-state index is 10.7. The molecule has 0 saturated heterocycles. The van der Waals surface area contributed by atoms with Gasteiger partial charge < -0.3 is 14.9 Å². The van der Waals surface area contributed by atoms with E-state index in [1.165, 1.54) is 0 Å². The van der Waals surface area contributed by atoms with Crippen LogP contribution < -0.4 is 0 Å². The van der Waals surface area contributed by atoms with Crippen LogP contribution in [0.5, 0.6) is 0 Å². The Morgan fingerprint density at radius 1 is 1.40 bits per heavy atom. The van der Waals surface area contributed by atoms with E-state index < -0.39 is 11.8 Å². The fourth-order valence-electron chi connectivity index (χ4n) is 1.09. The van der Waals surface area contributed by atoms with Gasteiger partial charge in [-0.1, -0.05) is 37.3 Å². The van der Waals surface area contributed by atoms with Crippen molar-refractivity contribution >= 4 is 5.97 Å². The molecule has 0 aliphatic heterocycles. The standard InChI is InChI=1S/C11H14O4/c1-2-11(14,10(12)13)15-8-9-6-4-3-5-7-9/h3-7,14H,2,8H2,1H3,(H,12,13)/t11-/m1/s1. The van der Waals surface area contributed by atoms with Crippen LogP contribution in [0.25, 0.3) is 0 Å². The highest BCUT2D eigenvalue weighted by molar-refractivity contribution is 5.75. The van der Waals surface area contributed by atoms with Gasteiger partial charge in [0.1, 0.15) is 0 Å². The molecule has 1 aromatic rings. The zero-order valence-corrected chi connectivity index (χ0v) is 8.51. The minimum Gasteiger partial charge on any atom is -0.477 e. The van der Waals surface area contributed by atoms with Crippen molar-refractivity contribution in [3.8, 4) is 0 Å². The predicted octanol–water partition coefficient (Wildman–Crippen LogP) is 1.39. The molecular weight excluding hydrogens is 196 g/mol. The summed E-state index contributed by atoms with van der Waals surface area (Å²) in [5.41, 5.74) is 0.825. The van der Waals surface area contributed by atoms with E-state index in [1.807, 2.05) is 18.2 Å². The van der Waals surface area contributed by atoms with Crippen molar-refractivity contribution in [2.45, 2.75) is 25.7 Å². The molecule has 0 aliphatic carbocycles. The van der Waals surface area contributed by atoms with Gasteiger partial charge in [0.05, 0.1) is 6.61 Å². The van der Waals surface area contributed by atoms with E-state index in [0.29, 0.717) is 0 Å². The number of aliphatic hydroxyl groups is 1. The number of hydrogen-bond acceptors (Lipinski definition) is 3. The summed E-state index contributed by atoms with van der Waals surface area (Å²) < 4.78 is 4.98. The largest absolute Gasteiger partial charge is 0.477 e. The number of carbonyl (C=O) groups is 1. The highest BCUT2D eigenvalue weighted by atomic mass is 16.6. The van der Waals surface area contributed by atoms with Crippen molar-refractivity contribution in [3.05, 3.63) is 35.9 Å². The minimum absolute atomic E-state index is 0.00909. The Labute approximate surface area is 88.1 Å². The lowest BCUT2D eigenvalue weighted by Gasteiger charge is -2.21. The SMILES string of the molecule is CC[C@@](O)(OCc1ccccc1)C(=O)O. The summed E-state index contributed by atoms with van der Waals surface area (Å²) in [5.74, 6) is -3.45. The molecule has 4 nitrogen and oxygen atoms in total. The van der Waals surface area contributed by atoms with E-state index in [0.717, 1.165) is 5.56 Å². The molecule has 0 radical (unpaired) electrons. The first kappa shape index (κ1) is 11.7. The van der Waals surface area contributed by atoms with Crippen LogP contribution in [0.15, 0.2) is 30.3 Å². The van der Waals surface area contributed by atoms with Gasteiger partial charge in [0, 0.05) is 6.42 Å². The molecule has 0 spiro atoms. The number of benzene rings is 1. The smallest absolute Gasteiger partial charge is 0.364 e. The van der Waals surface area contributed by atoms with Crippen LogP contribution in [0.1, 0.15) is 18.9 Å². The fourth-order valence-corrected chi connectivity index (χ4v) is 1.09. The van der Waals surface area contributed by atoms with E-state index in [9.17, 15) is 9.90 Å². The Kier molecular flexibility index (Phi) is 3.82. The molecule has 0 aliphatic rings. The fraction of sp³-hybridized carbons (Fsp3) is 0.364. The van der Waals surface area contributed by atoms with Gasteiger partial charge in [-0.25, -0.2) is 4.79 Å². The Morgan fingerprint density at radius 3 is 2.47 bits per heavy atom. The average Bonchev–Trinajstić information content (AvgIpc) is 2.27. The maximum Gasteiger partial charge on any atom is 0.364 e. The first-order valence-electron chi connectivity index (χ1n) is 4.72. The normalized spacial score (nSPS) is 14.5. The van der Waals surface area contributed by atoms with E-state index in [-0.39, 0.29) is 13.0 Å². The van der Waals surface area contributed by atoms with Gasteiger partial charge in [0.2, 0.25) is 0 Å². The lowest BCUT2D eigenvalue weighted by Crippen LogP contribution is -2.40. The second kappa shape index (κ2) is 4.91. The van der Waals surface area contributed by atoms with Crippen LogP contribution in [0.4, 0.5) is 0 Å². The van der Waals surface area contributed by atoms with Crippen LogP contribution in [0.2, 0.25) is 0 Å². The second-order valence-corrected chi connectivity index (χ2v) is 3.22. The van der Waals surface area contributed by atoms with Crippen molar-refractivity contribution in [2.75, 3.05) is 0 Å². The van der Waals surface area contributed by atoms with Crippen molar-refractivity contribution in [1.82, 2.24) is 0 Å². The van der Waals surface area contributed by atoms with E-state index in [1.54, 1.807) is 19.1 Å². The lowest BCUT2D eigenvalue weighted by atomic mass is 10.2. The van der Waals surface area contributed by atoms with Gasteiger partial charge in [0.15, 0.2) is 0 Å². The number of carboxylic acid groups (broad SMARTS) is 1. The number of rotatable bonds is 5. The highest BCUT2D eigenvalue weighted by Gasteiger charge is 2.35. The summed E-state index contributed by atoms with van der Waals surface area (Å²) in [5, 5.41) is 18.3. The van der Waals surface area contributed by atoms with E-state index in [2.05, 4.69) is 0 Å². The van der Waals surface area contributed by atoms with Crippen LogP contribution in [-0.4, -0.2) is 22.0 Å². The Bertz CT molecular complexity index is 323. The number of ether oxygens (including phenoxy) is 1. The van der Waals surface area contributed by atoms with Gasteiger partial charge in [-0.05, 0) is 5.56 Å². The Balaban J connectivity index is 2.59. The third-order valence-electron chi connectivity index (χ3n) is 2.13. The molecule has 0 bridgehead atoms. The summed E-state index contributed by atoms with van der Waals surface area (Å²) in [7, 11) is 0. The van der Waals surface area contributed by atoms with Gasteiger partial charge in [-0.3, -0.25) is 0 Å². The molecule has 0 saturated carbocycles. The van der Waals surface area contributed by atoms with E-state index >= 15 is 0 Å². The lowest BCUT2D eigenvalue weighted by molar-refractivity contribution is -0.228. The topological polar surface area (TPSA) is 66.8 Å². The summed E-state index contributed by atoms with van der Waals surface area (Å²) in [4.78, 5) is 10.7. The predicted molar refractivity (Wildman–Crippen MR) is 54.1 cm³/mol. The Hall–Kier alpha value is -1.39. The maximum absolute atomic E-state index is 10.7. The zero-order chi connectivity index (χ0) is 11.3. The van der Waals surface area contributed by atoms with Gasteiger partial charge in [-0.2, -0.15) is 0 Å². The minimum atomic E-state index is -2.09. The molecule has 1 rings (SSSR count). The molecule has 4 heteroatoms. The van der Waals surface area contributed by atoms with Crippen LogP contribution in [0, 0.1) is 0 Å². The molecule has 1 aromatic carbocycles. The van der Waals surface area contributed by atoms with Crippen LogP contribution in [0.3, 0.4) is 0 Å². The second-order valence-electron chi connectivity index (χ2n) is 3.22. The van der Waals surface area contributed by atoms with Crippen LogP contribution >= 0.6 is 0 Å². The molecular formula is C11H14O4. The third-order valence-corrected chi connectivity index (χ3v) is 2.13. The van der Waals surface area contributed by atoms with Gasteiger partial charge >= 0.3 is 5.97 Å². The van der Waals surface area contributed by atoms with Crippen molar-refractivity contribution in [1.29, 1.82) is 0 Å². The van der Waals surface area contributed by atoms with Gasteiger partial charge in [-0.15, -0.1) is 0 Å². The Morgan fingerprint density at radius 2 is 2.00 bits per heavy atom. The molecule has 2 N–H and O–H groups in total. The quantitative estimate of drug-likeness (QED) is 0.720. The molecule has 0 heterocycles. The number of aliphatic carboxylic acids is 1. The summed E-state index contributed by atoms with van der Waals surface area (Å²) in [6, 6.07) is 9.11. The number of carboxylic acids is 1. The average molecular weight is 210 g/mol. The van der Waals surface area contributed by atoms with Crippen molar-refractivity contribution in [3.63, 3.8) is 0 Å². The van der Waals surface area contributed by atoms with Crippen LogP contribution in [-0.2, 0) is 16.1 Å². The molecule has 15 heavy (non-hydrogen) atoms. The molecule has 0 aromatic heterocycles. The third kappa shape index (κ3) is 3.04. The molecule has 82 valence electrons. The molecule has 0 unspecified atom stereocenters. The summed E-state index contributed by atoms with van der Waals surface area (Å²) in [6.07, 6.45) is 0.00909. The molecule has 0 amide bonds. The number of hydrogen-bond donors (Lipinski definition) is 2. The molecule has 1 atom stereocenters. The monoisotopic (exact) mass is 210 g/mol. The summed E-state index contributed by atoms with van der Waals surface area (Å²) in [6.45, 7) is 1.64. The first-order chi connectivity index (χ1) is 7.08. The zero-order valence-electron chi connectivity index (χ0n) is 8.51. The van der Waals surface area contributed by atoms with Crippen molar-refractivity contribution < 1.29 is 19.7 Å². The van der Waals surface area contributed by atoms with Crippen molar-refractivity contribution in [2.24, 2.45) is 0 Å². The van der Waals surface area contributed by atoms with Gasteiger partial charge in [0.25, 0.3) is 5.79 Å². The molecule has 0 fully saturated rings. The summed E-state index contributed by atoms with van der Waals surface area (Å²) >= 11 is 0.